The van der Waals surface area contributed by atoms with Crippen LogP contribution in [0.2, 0.25) is 0 Å². The molecule has 3 heteroatoms. The van der Waals surface area contributed by atoms with Crippen molar-refractivity contribution in [1.29, 1.82) is 0 Å². The zero-order valence-corrected chi connectivity index (χ0v) is 12.4. The van der Waals surface area contributed by atoms with Crippen LogP contribution in [0.4, 0.5) is 0 Å². The van der Waals surface area contributed by atoms with Gasteiger partial charge >= 0.3 is 0 Å². The predicted molar refractivity (Wildman–Crippen MR) is 83.8 cm³/mol. The number of rotatable bonds is 5. The molecular formula is C18H22N2O. The van der Waals surface area contributed by atoms with Gasteiger partial charge in [-0.3, -0.25) is 4.98 Å². The Labute approximate surface area is 126 Å². The third-order valence-electron chi connectivity index (χ3n) is 4.36. The lowest BCUT2D eigenvalue weighted by molar-refractivity contribution is -0.0668. The highest BCUT2D eigenvalue weighted by Crippen LogP contribution is 2.42. The first-order valence-corrected chi connectivity index (χ1v) is 7.60. The third kappa shape index (κ3) is 3.14. The molecule has 0 bridgehead atoms. The summed E-state index contributed by atoms with van der Waals surface area (Å²) in [5.74, 6) is 0. The summed E-state index contributed by atoms with van der Waals surface area (Å²) in [4.78, 5) is 4.22. The van der Waals surface area contributed by atoms with Crippen LogP contribution < -0.4 is 5.32 Å². The predicted octanol–water partition coefficient (Wildman–Crippen LogP) is 3.14. The number of hydrogen-bond donors (Lipinski definition) is 2. The van der Waals surface area contributed by atoms with Crippen LogP contribution in [0.5, 0.6) is 0 Å². The smallest absolute Gasteiger partial charge is 0.0841 e. The molecule has 0 saturated heterocycles. The SMILES string of the molecule is Cc1cc(CNC(c2ccccc2)C2(O)CCC2)ccn1. The van der Waals surface area contributed by atoms with E-state index in [1.165, 1.54) is 5.56 Å². The molecule has 0 spiro atoms. The second-order valence-electron chi connectivity index (χ2n) is 5.99. The van der Waals surface area contributed by atoms with E-state index in [4.69, 9.17) is 0 Å². The molecule has 3 nitrogen and oxygen atoms in total. The Morgan fingerprint density at radius 2 is 2.00 bits per heavy atom. The first kappa shape index (κ1) is 14.2. The van der Waals surface area contributed by atoms with Crippen LogP contribution in [-0.4, -0.2) is 15.7 Å². The maximum absolute atomic E-state index is 10.8. The van der Waals surface area contributed by atoms with E-state index in [0.29, 0.717) is 0 Å². The van der Waals surface area contributed by atoms with Gasteiger partial charge in [-0.1, -0.05) is 30.3 Å². The maximum Gasteiger partial charge on any atom is 0.0841 e. The second-order valence-corrected chi connectivity index (χ2v) is 5.99. The van der Waals surface area contributed by atoms with Crippen molar-refractivity contribution in [3.8, 4) is 0 Å². The molecule has 2 N–H and O–H groups in total. The first-order valence-electron chi connectivity index (χ1n) is 7.60. The molecule has 0 amide bonds. The highest BCUT2D eigenvalue weighted by atomic mass is 16.3. The molecule has 21 heavy (non-hydrogen) atoms. The number of hydrogen-bond acceptors (Lipinski definition) is 3. The molecule has 0 radical (unpaired) electrons. The van der Waals surface area contributed by atoms with E-state index in [1.807, 2.05) is 37.4 Å². The molecule has 0 aliphatic heterocycles. The van der Waals surface area contributed by atoms with Crippen LogP contribution in [0.3, 0.4) is 0 Å². The largest absolute Gasteiger partial charge is 0.388 e. The monoisotopic (exact) mass is 282 g/mol. The Bertz CT molecular complexity index is 593. The highest BCUT2D eigenvalue weighted by molar-refractivity contribution is 5.24. The fourth-order valence-corrected chi connectivity index (χ4v) is 3.03. The zero-order valence-electron chi connectivity index (χ0n) is 12.4. The van der Waals surface area contributed by atoms with Crippen LogP contribution in [-0.2, 0) is 6.54 Å². The lowest BCUT2D eigenvalue weighted by atomic mass is 9.72. The van der Waals surface area contributed by atoms with E-state index in [0.717, 1.165) is 37.1 Å². The van der Waals surface area contributed by atoms with E-state index in [9.17, 15) is 5.11 Å². The molecule has 1 unspecified atom stereocenters. The first-order chi connectivity index (χ1) is 10.2. The topological polar surface area (TPSA) is 45.1 Å². The third-order valence-corrected chi connectivity index (χ3v) is 4.36. The number of aromatic nitrogens is 1. The molecule has 1 aliphatic rings. The van der Waals surface area contributed by atoms with Crippen LogP contribution in [0.1, 0.15) is 42.1 Å². The summed E-state index contributed by atoms with van der Waals surface area (Å²) in [6, 6.07) is 14.3. The number of aliphatic hydroxyl groups is 1. The van der Waals surface area contributed by atoms with Gasteiger partial charge in [0.05, 0.1) is 11.6 Å². The average molecular weight is 282 g/mol. The van der Waals surface area contributed by atoms with E-state index in [-0.39, 0.29) is 6.04 Å². The molecule has 1 aliphatic carbocycles. The van der Waals surface area contributed by atoms with Crippen molar-refractivity contribution in [1.82, 2.24) is 10.3 Å². The van der Waals surface area contributed by atoms with Gasteiger partial charge in [0.15, 0.2) is 0 Å². The summed E-state index contributed by atoms with van der Waals surface area (Å²) in [6.45, 7) is 2.74. The van der Waals surface area contributed by atoms with Crippen LogP contribution >= 0.6 is 0 Å². The van der Waals surface area contributed by atoms with Gasteiger partial charge in [0.2, 0.25) is 0 Å². The number of nitrogens with zero attached hydrogens (tertiary/aromatic N) is 1. The standard InChI is InChI=1S/C18H22N2O/c1-14-12-15(8-11-19-14)13-20-17(18(21)9-5-10-18)16-6-3-2-4-7-16/h2-4,6-8,11-12,17,20-21H,5,9-10,13H2,1H3. The minimum absolute atomic E-state index is 0.0130. The van der Waals surface area contributed by atoms with Crippen LogP contribution in [0.15, 0.2) is 48.7 Å². The summed E-state index contributed by atoms with van der Waals surface area (Å²) >= 11 is 0. The molecule has 1 aromatic heterocycles. The zero-order chi connectivity index (χ0) is 14.7. The normalized spacial score (nSPS) is 18.0. The number of nitrogens with one attached hydrogen (secondary N) is 1. The van der Waals surface area contributed by atoms with Crippen molar-refractivity contribution >= 4 is 0 Å². The van der Waals surface area contributed by atoms with E-state index < -0.39 is 5.60 Å². The average Bonchev–Trinajstić information content (AvgIpc) is 2.47. The van der Waals surface area contributed by atoms with Crippen LogP contribution in [0, 0.1) is 6.92 Å². The van der Waals surface area contributed by atoms with Gasteiger partial charge in [-0.05, 0) is 49.4 Å². The Kier molecular flexibility index (Phi) is 4.04. The molecule has 1 aromatic carbocycles. The van der Waals surface area contributed by atoms with Gasteiger partial charge in [-0.2, -0.15) is 0 Å². The van der Waals surface area contributed by atoms with Crippen molar-refractivity contribution < 1.29 is 5.11 Å². The molecule has 110 valence electrons. The lowest BCUT2D eigenvalue weighted by Crippen LogP contribution is -2.48. The van der Waals surface area contributed by atoms with E-state index >= 15 is 0 Å². The fourth-order valence-electron chi connectivity index (χ4n) is 3.03. The number of aryl methyl sites for hydroxylation is 1. The van der Waals surface area contributed by atoms with E-state index in [1.54, 1.807) is 0 Å². The van der Waals surface area contributed by atoms with Gasteiger partial charge < -0.3 is 10.4 Å². The summed E-state index contributed by atoms with van der Waals surface area (Å²) in [6.07, 6.45) is 4.68. The minimum Gasteiger partial charge on any atom is -0.388 e. The quantitative estimate of drug-likeness (QED) is 0.885. The molecular weight excluding hydrogens is 260 g/mol. The molecule has 1 heterocycles. The Hall–Kier alpha value is -1.71. The molecule has 3 rings (SSSR count). The van der Waals surface area contributed by atoms with Crippen molar-refractivity contribution in [2.24, 2.45) is 0 Å². The van der Waals surface area contributed by atoms with Crippen molar-refractivity contribution in [3.63, 3.8) is 0 Å². The highest BCUT2D eigenvalue weighted by Gasteiger charge is 2.42. The number of pyridine rings is 1. The summed E-state index contributed by atoms with van der Waals surface area (Å²) in [7, 11) is 0. The summed E-state index contributed by atoms with van der Waals surface area (Å²) in [5, 5.41) is 14.3. The second kappa shape index (κ2) is 5.96. The summed E-state index contributed by atoms with van der Waals surface area (Å²) in [5.41, 5.74) is 2.77. The summed E-state index contributed by atoms with van der Waals surface area (Å²) < 4.78 is 0. The maximum atomic E-state index is 10.8. The van der Waals surface area contributed by atoms with Gasteiger partial charge in [0, 0.05) is 18.4 Å². The van der Waals surface area contributed by atoms with Gasteiger partial charge in [0.1, 0.15) is 0 Å². The minimum atomic E-state index is -0.608. The Morgan fingerprint density at radius 3 is 2.62 bits per heavy atom. The molecule has 1 atom stereocenters. The lowest BCUT2D eigenvalue weighted by Gasteiger charge is -2.44. The fraction of sp³-hybridized carbons (Fsp3) is 0.389. The Morgan fingerprint density at radius 1 is 1.24 bits per heavy atom. The Balaban J connectivity index is 1.77. The van der Waals surface area contributed by atoms with Crippen LogP contribution in [0.25, 0.3) is 0 Å². The van der Waals surface area contributed by atoms with Crippen molar-refractivity contribution in [3.05, 3.63) is 65.5 Å². The van der Waals surface area contributed by atoms with Crippen molar-refractivity contribution in [2.45, 2.75) is 44.4 Å². The van der Waals surface area contributed by atoms with Gasteiger partial charge in [-0.25, -0.2) is 0 Å². The van der Waals surface area contributed by atoms with E-state index in [2.05, 4.69) is 28.5 Å². The van der Waals surface area contributed by atoms with Gasteiger partial charge in [-0.15, -0.1) is 0 Å². The van der Waals surface area contributed by atoms with Gasteiger partial charge in [0.25, 0.3) is 0 Å². The molecule has 1 fully saturated rings. The molecule has 1 saturated carbocycles. The number of benzene rings is 1. The molecule has 2 aromatic rings. The van der Waals surface area contributed by atoms with Crippen molar-refractivity contribution in [2.75, 3.05) is 0 Å².